The molecule has 1 atom stereocenters. The number of nitrogens with zero attached hydrogens (tertiary/aromatic N) is 4. The summed E-state index contributed by atoms with van der Waals surface area (Å²) in [7, 11) is 4.06. The lowest BCUT2D eigenvalue weighted by atomic mass is 9.64. The van der Waals surface area contributed by atoms with E-state index in [2.05, 4.69) is 22.2 Å². The summed E-state index contributed by atoms with van der Waals surface area (Å²) in [5.74, 6) is 0.752. The number of nitrogens with one attached hydrogen (secondary N) is 1. The Bertz CT molecular complexity index is 830. The Kier molecular flexibility index (Phi) is 5.10. The summed E-state index contributed by atoms with van der Waals surface area (Å²) in [6, 6.07) is 6.79. The lowest BCUT2D eigenvalue weighted by Gasteiger charge is -2.44. The third-order valence-electron chi connectivity index (χ3n) is 6.44. The Labute approximate surface area is 165 Å². The number of aromatic nitrogens is 2. The maximum absolute atomic E-state index is 13.3. The molecule has 28 heavy (non-hydrogen) atoms. The van der Waals surface area contributed by atoms with E-state index >= 15 is 0 Å². The van der Waals surface area contributed by atoms with Crippen molar-refractivity contribution in [1.29, 1.82) is 0 Å². The summed E-state index contributed by atoms with van der Waals surface area (Å²) in [6.07, 6.45) is 6.93. The highest BCUT2D eigenvalue weighted by Crippen LogP contribution is 2.43. The standard InChI is InChI=1S/C21H28FN5O/c1-25-12-13-27(14-18(25)19-23-10-11-26(19)2)20(28)24-15-21(8-3-9-21)16-4-6-17(22)7-5-16/h4-7,10-11,18H,3,8-9,12-15H2,1-2H3,(H,24,28). The molecule has 0 spiro atoms. The van der Waals surface area contributed by atoms with Gasteiger partial charge >= 0.3 is 6.03 Å². The number of carbonyl (C=O) groups is 1. The number of amides is 2. The van der Waals surface area contributed by atoms with Gasteiger partial charge in [-0.1, -0.05) is 18.6 Å². The summed E-state index contributed by atoms with van der Waals surface area (Å²) < 4.78 is 15.3. The molecular formula is C21H28FN5O. The summed E-state index contributed by atoms with van der Waals surface area (Å²) in [4.78, 5) is 21.5. The number of halogens is 1. The van der Waals surface area contributed by atoms with Gasteiger partial charge < -0.3 is 14.8 Å². The highest BCUT2D eigenvalue weighted by atomic mass is 19.1. The second-order valence-electron chi connectivity index (χ2n) is 8.14. The Morgan fingerprint density at radius 3 is 2.61 bits per heavy atom. The van der Waals surface area contributed by atoms with Crippen molar-refractivity contribution in [2.75, 3.05) is 33.2 Å². The molecule has 1 aliphatic heterocycles. The quantitative estimate of drug-likeness (QED) is 0.880. The Morgan fingerprint density at radius 1 is 1.25 bits per heavy atom. The minimum Gasteiger partial charge on any atom is -0.337 e. The number of carbonyl (C=O) groups excluding carboxylic acids is 1. The van der Waals surface area contributed by atoms with Gasteiger partial charge in [-0.2, -0.15) is 0 Å². The van der Waals surface area contributed by atoms with Crippen LogP contribution >= 0.6 is 0 Å². The number of rotatable bonds is 4. The molecule has 1 aromatic heterocycles. The molecule has 4 rings (SSSR count). The molecule has 1 unspecified atom stereocenters. The minimum absolute atomic E-state index is 0.0271. The molecule has 1 aromatic carbocycles. The van der Waals surface area contributed by atoms with E-state index in [9.17, 15) is 9.18 Å². The first-order valence-electron chi connectivity index (χ1n) is 9.95. The molecule has 2 aromatic rings. The smallest absolute Gasteiger partial charge is 0.317 e. The first-order chi connectivity index (χ1) is 13.5. The zero-order chi connectivity index (χ0) is 19.7. The molecule has 1 aliphatic carbocycles. The summed E-state index contributed by atoms with van der Waals surface area (Å²) in [5, 5.41) is 3.15. The number of hydrogen-bond acceptors (Lipinski definition) is 3. The largest absolute Gasteiger partial charge is 0.337 e. The Morgan fingerprint density at radius 2 is 2.00 bits per heavy atom. The third kappa shape index (κ3) is 3.51. The van der Waals surface area contributed by atoms with E-state index in [0.717, 1.165) is 37.2 Å². The van der Waals surface area contributed by atoms with Gasteiger partial charge in [0, 0.05) is 51.0 Å². The van der Waals surface area contributed by atoms with Crippen molar-refractivity contribution in [3.8, 4) is 0 Å². The van der Waals surface area contributed by atoms with Crippen LogP contribution in [0.2, 0.25) is 0 Å². The number of imidazole rings is 1. The van der Waals surface area contributed by atoms with Crippen molar-refractivity contribution in [3.05, 3.63) is 53.9 Å². The number of piperazine rings is 1. The van der Waals surface area contributed by atoms with Crippen LogP contribution in [0.1, 0.15) is 36.7 Å². The molecule has 2 aliphatic rings. The van der Waals surface area contributed by atoms with Crippen LogP contribution in [-0.2, 0) is 12.5 Å². The van der Waals surface area contributed by atoms with Gasteiger partial charge in [0.15, 0.2) is 0 Å². The van der Waals surface area contributed by atoms with Gasteiger partial charge in [0.05, 0.1) is 6.04 Å². The van der Waals surface area contributed by atoms with E-state index < -0.39 is 0 Å². The Hall–Kier alpha value is -2.41. The fourth-order valence-corrected chi connectivity index (χ4v) is 4.37. The molecular weight excluding hydrogens is 357 g/mol. The summed E-state index contributed by atoms with van der Waals surface area (Å²) in [6.45, 7) is 2.73. The van der Waals surface area contributed by atoms with Gasteiger partial charge in [0.1, 0.15) is 11.6 Å². The fourth-order valence-electron chi connectivity index (χ4n) is 4.37. The lowest BCUT2D eigenvalue weighted by molar-refractivity contribution is 0.102. The minimum atomic E-state index is -0.222. The molecule has 2 amide bonds. The topological polar surface area (TPSA) is 53.4 Å². The SMILES string of the molecule is CN1CCN(C(=O)NCC2(c3ccc(F)cc3)CCC2)CC1c1nccn1C. The van der Waals surface area contributed by atoms with Crippen LogP contribution in [0.4, 0.5) is 9.18 Å². The van der Waals surface area contributed by atoms with Crippen molar-refractivity contribution < 1.29 is 9.18 Å². The van der Waals surface area contributed by atoms with Crippen LogP contribution < -0.4 is 5.32 Å². The predicted octanol–water partition coefficient (Wildman–Crippen LogP) is 2.68. The van der Waals surface area contributed by atoms with Crippen LogP contribution in [-0.4, -0.2) is 58.6 Å². The molecule has 1 saturated heterocycles. The van der Waals surface area contributed by atoms with Gasteiger partial charge in [0.25, 0.3) is 0 Å². The number of benzene rings is 1. The summed E-state index contributed by atoms with van der Waals surface area (Å²) >= 11 is 0. The molecule has 7 heteroatoms. The third-order valence-corrected chi connectivity index (χ3v) is 6.44. The van der Waals surface area contributed by atoms with Crippen LogP contribution in [0.25, 0.3) is 0 Å². The van der Waals surface area contributed by atoms with Crippen LogP contribution in [0.5, 0.6) is 0 Å². The molecule has 150 valence electrons. The van der Waals surface area contributed by atoms with Crippen LogP contribution in [0, 0.1) is 5.82 Å². The molecule has 2 heterocycles. The van der Waals surface area contributed by atoms with E-state index in [-0.39, 0.29) is 23.3 Å². The van der Waals surface area contributed by atoms with Crippen LogP contribution in [0.15, 0.2) is 36.7 Å². The van der Waals surface area contributed by atoms with Gasteiger partial charge in [-0.05, 0) is 37.6 Å². The van der Waals surface area contributed by atoms with E-state index in [0.29, 0.717) is 19.6 Å². The van der Waals surface area contributed by atoms with Crippen molar-refractivity contribution in [2.45, 2.75) is 30.7 Å². The van der Waals surface area contributed by atoms with Crippen LogP contribution in [0.3, 0.4) is 0 Å². The van der Waals surface area contributed by atoms with E-state index in [1.807, 2.05) is 34.8 Å². The summed E-state index contributed by atoms with van der Waals surface area (Å²) in [5.41, 5.74) is 1.05. The molecule has 0 radical (unpaired) electrons. The molecule has 2 fully saturated rings. The van der Waals surface area contributed by atoms with Gasteiger partial charge in [0.2, 0.25) is 0 Å². The second-order valence-corrected chi connectivity index (χ2v) is 8.14. The zero-order valence-corrected chi connectivity index (χ0v) is 16.6. The van der Waals surface area contributed by atoms with Gasteiger partial charge in [-0.3, -0.25) is 4.90 Å². The molecule has 6 nitrogen and oxygen atoms in total. The number of aryl methyl sites for hydroxylation is 1. The van der Waals surface area contributed by atoms with Crippen molar-refractivity contribution in [3.63, 3.8) is 0 Å². The van der Waals surface area contributed by atoms with Gasteiger partial charge in [-0.25, -0.2) is 14.2 Å². The van der Waals surface area contributed by atoms with E-state index in [4.69, 9.17) is 0 Å². The monoisotopic (exact) mass is 385 g/mol. The van der Waals surface area contributed by atoms with E-state index in [1.54, 1.807) is 6.20 Å². The number of likely N-dealkylation sites (N-methyl/N-ethyl adjacent to an activating group) is 1. The van der Waals surface area contributed by atoms with Crippen molar-refractivity contribution in [2.24, 2.45) is 7.05 Å². The van der Waals surface area contributed by atoms with Crippen molar-refractivity contribution in [1.82, 2.24) is 24.7 Å². The highest BCUT2D eigenvalue weighted by Gasteiger charge is 2.39. The average molecular weight is 385 g/mol. The number of hydrogen-bond donors (Lipinski definition) is 1. The number of urea groups is 1. The molecule has 1 N–H and O–H groups in total. The average Bonchev–Trinajstić information content (AvgIpc) is 3.08. The fraction of sp³-hybridized carbons (Fsp3) is 0.524. The maximum atomic E-state index is 13.3. The second kappa shape index (κ2) is 7.54. The molecule has 0 bridgehead atoms. The first kappa shape index (κ1) is 18.9. The Balaban J connectivity index is 1.40. The van der Waals surface area contributed by atoms with E-state index in [1.165, 1.54) is 12.1 Å². The predicted molar refractivity (Wildman–Crippen MR) is 105 cm³/mol. The normalized spacial score (nSPS) is 22.0. The highest BCUT2D eigenvalue weighted by molar-refractivity contribution is 5.74. The lowest BCUT2D eigenvalue weighted by Crippen LogP contribution is -2.55. The zero-order valence-electron chi connectivity index (χ0n) is 16.6. The first-order valence-corrected chi connectivity index (χ1v) is 9.95. The van der Waals surface area contributed by atoms with Gasteiger partial charge in [-0.15, -0.1) is 0 Å². The molecule has 1 saturated carbocycles. The van der Waals surface area contributed by atoms with Crippen molar-refractivity contribution >= 4 is 6.03 Å². The maximum Gasteiger partial charge on any atom is 0.317 e.